The van der Waals surface area contributed by atoms with E-state index in [0.29, 0.717) is 32.1 Å². The second-order valence-electron chi connectivity index (χ2n) is 5.22. The maximum Gasteiger partial charge on any atom is 0.246 e. The van der Waals surface area contributed by atoms with Gasteiger partial charge in [-0.05, 0) is 25.3 Å². The van der Waals surface area contributed by atoms with E-state index in [1.54, 1.807) is 31.2 Å². The Morgan fingerprint density at radius 1 is 1.04 bits per heavy atom. The van der Waals surface area contributed by atoms with Gasteiger partial charge in [-0.15, -0.1) is 0 Å². The summed E-state index contributed by atoms with van der Waals surface area (Å²) in [5.41, 5.74) is 0.814. The van der Waals surface area contributed by atoms with Crippen molar-refractivity contribution in [3.8, 4) is 0 Å². The number of nitrogens with zero attached hydrogens (tertiary/aromatic N) is 2. The fraction of sp³-hybridized carbons (Fsp3) is 0.556. The van der Waals surface area contributed by atoms with Crippen molar-refractivity contribution in [3.05, 3.63) is 24.4 Å². The maximum absolute atomic E-state index is 11.2. The number of likely N-dealkylation sites (N-methyl/N-ethyl adjacent to an activating group) is 1. The molecule has 142 valence electrons. The number of rotatable bonds is 13. The van der Waals surface area contributed by atoms with E-state index >= 15 is 0 Å². The minimum absolute atomic E-state index is 0.169. The second kappa shape index (κ2) is 18.1. The van der Waals surface area contributed by atoms with Gasteiger partial charge >= 0.3 is 0 Å². The Labute approximate surface area is 150 Å². The molecular formula is C18H30N2O5. The topological polar surface area (TPSA) is 84.0 Å². The highest BCUT2D eigenvalue weighted by Crippen LogP contribution is 2.04. The molecule has 7 heteroatoms. The van der Waals surface area contributed by atoms with E-state index in [-0.39, 0.29) is 5.91 Å². The van der Waals surface area contributed by atoms with E-state index in [1.807, 2.05) is 0 Å². The van der Waals surface area contributed by atoms with E-state index in [1.165, 1.54) is 12.2 Å². The van der Waals surface area contributed by atoms with E-state index < -0.39 is 0 Å². The molecule has 0 unspecified atom stereocenters. The van der Waals surface area contributed by atoms with Crippen LogP contribution in [0.15, 0.2) is 24.4 Å². The Hall–Kier alpha value is -2.28. The van der Waals surface area contributed by atoms with E-state index in [0.717, 1.165) is 37.5 Å². The lowest BCUT2D eigenvalue weighted by Gasteiger charge is -2.17. The molecule has 0 aliphatic carbocycles. The van der Waals surface area contributed by atoms with Gasteiger partial charge in [0.15, 0.2) is 0 Å². The van der Waals surface area contributed by atoms with Gasteiger partial charge in [0.05, 0.1) is 7.11 Å². The van der Waals surface area contributed by atoms with Crippen LogP contribution >= 0.6 is 0 Å². The SMILES string of the molecule is C=C(CCC=O)N(C)OC.CN(CCCCCC=O)C(=O)/C=C\C=O. The van der Waals surface area contributed by atoms with Gasteiger partial charge in [-0.1, -0.05) is 13.0 Å². The quantitative estimate of drug-likeness (QED) is 0.217. The highest BCUT2D eigenvalue weighted by atomic mass is 16.7. The van der Waals surface area contributed by atoms with Crippen molar-refractivity contribution in [3.63, 3.8) is 0 Å². The molecule has 0 aliphatic heterocycles. The first kappa shape index (κ1) is 25.0. The average molecular weight is 354 g/mol. The number of hydrogen-bond acceptors (Lipinski definition) is 6. The van der Waals surface area contributed by atoms with Crippen LogP contribution in [0.5, 0.6) is 0 Å². The molecule has 0 radical (unpaired) electrons. The minimum atomic E-state index is -0.169. The molecule has 0 atom stereocenters. The van der Waals surface area contributed by atoms with Crippen molar-refractivity contribution >= 4 is 24.8 Å². The summed E-state index contributed by atoms with van der Waals surface area (Å²) in [6.45, 7) is 4.36. The zero-order chi connectivity index (χ0) is 19.5. The smallest absolute Gasteiger partial charge is 0.246 e. The molecule has 0 bridgehead atoms. The average Bonchev–Trinajstić information content (AvgIpc) is 2.63. The molecule has 0 saturated heterocycles. The summed E-state index contributed by atoms with van der Waals surface area (Å²) in [5, 5.41) is 1.55. The van der Waals surface area contributed by atoms with Gasteiger partial charge < -0.3 is 14.5 Å². The van der Waals surface area contributed by atoms with Gasteiger partial charge in [0.25, 0.3) is 0 Å². The molecule has 0 aliphatic rings. The van der Waals surface area contributed by atoms with E-state index in [4.69, 9.17) is 4.84 Å². The number of unbranched alkanes of at least 4 members (excludes halogenated alkanes) is 3. The fourth-order valence-corrected chi connectivity index (χ4v) is 1.62. The van der Waals surface area contributed by atoms with Crippen molar-refractivity contribution in [2.24, 2.45) is 0 Å². The Morgan fingerprint density at radius 2 is 1.68 bits per heavy atom. The summed E-state index contributed by atoms with van der Waals surface area (Å²) >= 11 is 0. The monoisotopic (exact) mass is 354 g/mol. The van der Waals surface area contributed by atoms with E-state index in [9.17, 15) is 19.2 Å². The summed E-state index contributed by atoms with van der Waals surface area (Å²) in [6.07, 6.45) is 9.23. The molecule has 0 aromatic heterocycles. The molecule has 0 spiro atoms. The third kappa shape index (κ3) is 16.4. The molecule has 0 fully saturated rings. The largest absolute Gasteiger partial charge is 0.342 e. The zero-order valence-corrected chi connectivity index (χ0v) is 15.5. The molecule has 0 heterocycles. The van der Waals surface area contributed by atoms with Crippen molar-refractivity contribution in [2.75, 3.05) is 27.7 Å². The van der Waals surface area contributed by atoms with Gasteiger partial charge in [0.1, 0.15) is 18.9 Å². The molecule has 1 amide bonds. The molecule has 7 nitrogen and oxygen atoms in total. The Bertz CT molecular complexity index is 435. The van der Waals surface area contributed by atoms with Crippen molar-refractivity contribution in [2.45, 2.75) is 38.5 Å². The number of hydrogen-bond donors (Lipinski definition) is 0. The van der Waals surface area contributed by atoms with E-state index in [2.05, 4.69) is 6.58 Å². The summed E-state index contributed by atoms with van der Waals surface area (Å²) in [5.74, 6) is -0.169. The van der Waals surface area contributed by atoms with Crippen molar-refractivity contribution in [1.82, 2.24) is 9.96 Å². The number of carbonyl (C=O) groups is 4. The molecule has 0 aromatic rings. The van der Waals surface area contributed by atoms with Crippen LogP contribution in [0.4, 0.5) is 0 Å². The van der Waals surface area contributed by atoms with Gasteiger partial charge in [-0.2, -0.15) is 0 Å². The maximum atomic E-state index is 11.2. The first-order chi connectivity index (χ1) is 11.9. The van der Waals surface area contributed by atoms with Gasteiger partial charge in [-0.3, -0.25) is 19.5 Å². The number of carbonyl (C=O) groups excluding carboxylic acids is 4. The van der Waals surface area contributed by atoms with Crippen LogP contribution in [0.25, 0.3) is 0 Å². The van der Waals surface area contributed by atoms with Crippen LogP contribution < -0.4 is 0 Å². The van der Waals surface area contributed by atoms with Crippen molar-refractivity contribution < 1.29 is 24.0 Å². The Morgan fingerprint density at radius 3 is 2.20 bits per heavy atom. The number of hydroxylamine groups is 2. The molecule has 0 aromatic carbocycles. The number of allylic oxidation sites excluding steroid dienone is 2. The predicted octanol–water partition coefficient (Wildman–Crippen LogP) is 1.93. The first-order valence-corrected chi connectivity index (χ1v) is 8.14. The normalized spacial score (nSPS) is 9.72. The fourth-order valence-electron chi connectivity index (χ4n) is 1.62. The lowest BCUT2D eigenvalue weighted by atomic mass is 10.2. The van der Waals surface area contributed by atoms with Crippen LogP contribution in [-0.4, -0.2) is 62.5 Å². The molecule has 0 N–H and O–H groups in total. The highest BCUT2D eigenvalue weighted by Gasteiger charge is 2.03. The van der Waals surface area contributed by atoms with Crippen LogP contribution in [0.2, 0.25) is 0 Å². The minimum Gasteiger partial charge on any atom is -0.342 e. The van der Waals surface area contributed by atoms with Crippen molar-refractivity contribution in [1.29, 1.82) is 0 Å². The summed E-state index contributed by atoms with van der Waals surface area (Å²) in [7, 11) is 5.01. The number of aldehydes is 3. The highest BCUT2D eigenvalue weighted by molar-refractivity contribution is 5.90. The summed E-state index contributed by atoms with van der Waals surface area (Å²) < 4.78 is 0. The van der Waals surface area contributed by atoms with Crippen LogP contribution in [-0.2, 0) is 24.0 Å². The first-order valence-electron chi connectivity index (χ1n) is 8.14. The number of amides is 1. The van der Waals surface area contributed by atoms with Gasteiger partial charge in [-0.25, -0.2) is 0 Å². The molecule has 0 saturated carbocycles. The standard InChI is InChI=1S/C11H17NO3.C7H13NO2/c1-12(11(15)7-6-10-14)8-4-2-3-5-9-13;1-7(5-4-6-9)8(2)10-3/h6-7,9-10H,2-5,8H2,1H3;6H,1,4-5H2,2-3H3/b7-6-;. The van der Waals surface area contributed by atoms with Crippen LogP contribution in [0.1, 0.15) is 38.5 Å². The Kier molecular flexibility index (Phi) is 18.0. The van der Waals surface area contributed by atoms with Gasteiger partial charge in [0, 0.05) is 45.3 Å². The summed E-state index contributed by atoms with van der Waals surface area (Å²) in [6, 6.07) is 0. The lowest BCUT2D eigenvalue weighted by Crippen LogP contribution is -2.25. The van der Waals surface area contributed by atoms with Gasteiger partial charge in [0.2, 0.25) is 5.91 Å². The third-order valence-corrected chi connectivity index (χ3v) is 3.28. The third-order valence-electron chi connectivity index (χ3n) is 3.28. The van der Waals surface area contributed by atoms with Crippen LogP contribution in [0, 0.1) is 0 Å². The zero-order valence-electron chi connectivity index (χ0n) is 15.5. The lowest BCUT2D eigenvalue weighted by molar-refractivity contribution is -0.125. The Balaban J connectivity index is 0. The molecule has 25 heavy (non-hydrogen) atoms. The molecule has 0 rings (SSSR count). The molecular weight excluding hydrogens is 324 g/mol. The van der Waals surface area contributed by atoms with Crippen LogP contribution in [0.3, 0.4) is 0 Å². The summed E-state index contributed by atoms with van der Waals surface area (Å²) in [4.78, 5) is 47.5. The second-order valence-corrected chi connectivity index (χ2v) is 5.22. The predicted molar refractivity (Wildman–Crippen MR) is 96.6 cm³/mol.